The maximum Gasteiger partial charge on any atom is 0.251 e. The van der Waals surface area contributed by atoms with E-state index in [1.807, 2.05) is 19.1 Å². The van der Waals surface area contributed by atoms with E-state index in [0.717, 1.165) is 11.3 Å². The lowest BCUT2D eigenvalue weighted by molar-refractivity contribution is 0.0963. The van der Waals surface area contributed by atoms with Crippen LogP contribution in [0.3, 0.4) is 0 Å². The summed E-state index contributed by atoms with van der Waals surface area (Å²) in [7, 11) is 1.59. The lowest BCUT2D eigenvalue weighted by atomic mass is 10.1. The van der Waals surface area contributed by atoms with Crippen LogP contribution < -0.4 is 16.4 Å². The van der Waals surface area contributed by atoms with Crippen molar-refractivity contribution in [3.05, 3.63) is 52.5 Å². The largest absolute Gasteiger partial charge is 0.397 e. The molecule has 5 heteroatoms. The van der Waals surface area contributed by atoms with E-state index in [0.29, 0.717) is 22.0 Å². The molecule has 2 aromatic rings. The number of aryl methyl sites for hydroxylation is 1. The van der Waals surface area contributed by atoms with Gasteiger partial charge in [0.15, 0.2) is 0 Å². The van der Waals surface area contributed by atoms with Crippen LogP contribution in [0.4, 0.5) is 17.1 Å². The zero-order chi connectivity index (χ0) is 14.7. The highest BCUT2D eigenvalue weighted by Gasteiger charge is 2.09. The molecule has 0 aliphatic carbocycles. The van der Waals surface area contributed by atoms with Crippen LogP contribution in [-0.4, -0.2) is 13.0 Å². The number of nitrogens with one attached hydrogen (secondary N) is 2. The Kier molecular flexibility index (Phi) is 4.15. The maximum absolute atomic E-state index is 11.7. The lowest BCUT2D eigenvalue weighted by Crippen LogP contribution is -2.18. The zero-order valence-electron chi connectivity index (χ0n) is 11.3. The van der Waals surface area contributed by atoms with E-state index >= 15 is 0 Å². The fraction of sp³-hybridized carbons (Fsp3) is 0.133. The van der Waals surface area contributed by atoms with Gasteiger partial charge in [0.2, 0.25) is 0 Å². The number of anilines is 3. The van der Waals surface area contributed by atoms with E-state index in [1.54, 1.807) is 31.3 Å². The van der Waals surface area contributed by atoms with Crippen LogP contribution in [0.1, 0.15) is 15.9 Å². The smallest absolute Gasteiger partial charge is 0.251 e. The molecule has 0 aliphatic rings. The van der Waals surface area contributed by atoms with Crippen molar-refractivity contribution in [1.29, 1.82) is 0 Å². The first-order valence-corrected chi connectivity index (χ1v) is 6.54. The number of nitrogen functional groups attached to an aromatic ring is 1. The number of halogens is 1. The Morgan fingerprint density at radius 2 is 2.00 bits per heavy atom. The summed E-state index contributed by atoms with van der Waals surface area (Å²) in [6.45, 7) is 1.95. The average molecular weight is 290 g/mol. The fourth-order valence-electron chi connectivity index (χ4n) is 1.88. The Hall–Kier alpha value is -2.20. The number of carbonyl (C=O) groups is 1. The molecule has 2 rings (SSSR count). The van der Waals surface area contributed by atoms with Gasteiger partial charge >= 0.3 is 0 Å². The third-order valence-corrected chi connectivity index (χ3v) is 3.34. The van der Waals surface area contributed by atoms with E-state index in [9.17, 15) is 4.79 Å². The quantitative estimate of drug-likeness (QED) is 0.759. The Labute approximate surface area is 122 Å². The topological polar surface area (TPSA) is 67.2 Å². The molecule has 2 aromatic carbocycles. The summed E-state index contributed by atoms with van der Waals surface area (Å²) in [5, 5.41) is 6.38. The molecule has 0 aromatic heterocycles. The van der Waals surface area contributed by atoms with E-state index in [1.165, 1.54) is 0 Å². The first-order chi connectivity index (χ1) is 9.52. The summed E-state index contributed by atoms with van der Waals surface area (Å²) >= 11 is 6.18. The minimum atomic E-state index is -0.163. The summed E-state index contributed by atoms with van der Waals surface area (Å²) in [4.78, 5) is 11.7. The predicted molar refractivity (Wildman–Crippen MR) is 83.7 cm³/mol. The highest BCUT2D eigenvalue weighted by atomic mass is 35.5. The third kappa shape index (κ3) is 2.86. The number of rotatable bonds is 3. The Bertz CT molecular complexity index is 635. The molecule has 4 N–H and O–H groups in total. The van der Waals surface area contributed by atoms with Crippen molar-refractivity contribution in [2.45, 2.75) is 6.92 Å². The van der Waals surface area contributed by atoms with Gasteiger partial charge in [0.1, 0.15) is 0 Å². The minimum Gasteiger partial charge on any atom is -0.397 e. The van der Waals surface area contributed by atoms with E-state index < -0.39 is 0 Å². The van der Waals surface area contributed by atoms with Gasteiger partial charge in [-0.1, -0.05) is 23.7 Å². The van der Waals surface area contributed by atoms with E-state index in [4.69, 9.17) is 17.3 Å². The van der Waals surface area contributed by atoms with Crippen molar-refractivity contribution in [2.24, 2.45) is 0 Å². The molecule has 0 aliphatic heterocycles. The number of benzene rings is 2. The highest BCUT2D eigenvalue weighted by molar-refractivity contribution is 6.33. The second-order valence-electron chi connectivity index (χ2n) is 4.44. The second-order valence-corrected chi connectivity index (χ2v) is 4.85. The van der Waals surface area contributed by atoms with Gasteiger partial charge in [0, 0.05) is 12.6 Å². The summed E-state index contributed by atoms with van der Waals surface area (Å²) in [5.74, 6) is -0.163. The van der Waals surface area contributed by atoms with Crippen molar-refractivity contribution in [3.8, 4) is 0 Å². The molecule has 0 atom stereocenters. The highest BCUT2D eigenvalue weighted by Crippen LogP contribution is 2.31. The van der Waals surface area contributed by atoms with E-state index in [2.05, 4.69) is 10.6 Å². The number of amides is 1. The standard InChI is InChI=1S/C15H16ClN3O/c1-9-4-3-5-11(16)14(9)19-13-8-10(15(20)18-2)6-7-12(13)17/h3-8,19H,17H2,1-2H3,(H,18,20). The second kappa shape index (κ2) is 5.84. The lowest BCUT2D eigenvalue weighted by Gasteiger charge is -2.14. The van der Waals surface area contributed by atoms with Gasteiger partial charge in [-0.3, -0.25) is 4.79 Å². The van der Waals surface area contributed by atoms with Crippen LogP contribution in [0.2, 0.25) is 5.02 Å². The Balaban J connectivity index is 2.40. The number of para-hydroxylation sites is 1. The number of carbonyl (C=O) groups excluding carboxylic acids is 1. The normalized spacial score (nSPS) is 10.2. The van der Waals surface area contributed by atoms with Crippen molar-refractivity contribution in [1.82, 2.24) is 5.32 Å². The molecule has 0 fully saturated rings. The van der Waals surface area contributed by atoms with Crippen LogP contribution in [0.15, 0.2) is 36.4 Å². The van der Waals surface area contributed by atoms with Crippen molar-refractivity contribution < 1.29 is 4.79 Å². The predicted octanol–water partition coefficient (Wildman–Crippen LogP) is 3.33. The molecule has 0 unspecified atom stereocenters. The molecule has 0 saturated carbocycles. The van der Waals surface area contributed by atoms with Crippen LogP contribution >= 0.6 is 11.6 Å². The monoisotopic (exact) mass is 289 g/mol. The molecule has 1 amide bonds. The van der Waals surface area contributed by atoms with Gasteiger partial charge in [0.25, 0.3) is 5.91 Å². The van der Waals surface area contributed by atoms with Gasteiger partial charge in [-0.15, -0.1) is 0 Å². The number of hydrogen-bond donors (Lipinski definition) is 3. The molecule has 0 heterocycles. The summed E-state index contributed by atoms with van der Waals surface area (Å²) in [6.07, 6.45) is 0. The molecule has 0 bridgehead atoms. The van der Waals surface area contributed by atoms with Gasteiger partial charge in [-0.2, -0.15) is 0 Å². The Morgan fingerprint density at radius 1 is 1.25 bits per heavy atom. The SMILES string of the molecule is CNC(=O)c1ccc(N)c(Nc2c(C)cccc2Cl)c1. The van der Waals surface area contributed by atoms with Gasteiger partial charge < -0.3 is 16.4 Å². The molecule has 0 radical (unpaired) electrons. The van der Waals surface area contributed by atoms with E-state index in [-0.39, 0.29) is 5.91 Å². The van der Waals surface area contributed by atoms with Crippen LogP contribution in [0.25, 0.3) is 0 Å². The molecule has 104 valence electrons. The molecular formula is C15H16ClN3O. The van der Waals surface area contributed by atoms with Gasteiger partial charge in [-0.25, -0.2) is 0 Å². The van der Waals surface area contributed by atoms with Crippen LogP contribution in [0, 0.1) is 6.92 Å². The first kappa shape index (κ1) is 14.2. The third-order valence-electron chi connectivity index (χ3n) is 3.02. The summed E-state index contributed by atoms with van der Waals surface area (Å²) < 4.78 is 0. The molecule has 0 saturated heterocycles. The molecule has 4 nitrogen and oxygen atoms in total. The molecule has 0 spiro atoms. The van der Waals surface area contributed by atoms with Crippen molar-refractivity contribution >= 4 is 34.6 Å². The summed E-state index contributed by atoms with van der Waals surface area (Å²) in [5.41, 5.74) is 9.47. The van der Waals surface area contributed by atoms with Crippen LogP contribution in [0.5, 0.6) is 0 Å². The number of nitrogens with two attached hydrogens (primary N) is 1. The van der Waals surface area contributed by atoms with Gasteiger partial charge in [-0.05, 0) is 36.8 Å². The molecular weight excluding hydrogens is 274 g/mol. The van der Waals surface area contributed by atoms with Crippen molar-refractivity contribution in [3.63, 3.8) is 0 Å². The summed E-state index contributed by atoms with van der Waals surface area (Å²) in [6, 6.07) is 10.7. The van der Waals surface area contributed by atoms with Gasteiger partial charge in [0.05, 0.1) is 22.1 Å². The Morgan fingerprint density at radius 3 is 2.65 bits per heavy atom. The average Bonchev–Trinajstić information content (AvgIpc) is 2.44. The minimum absolute atomic E-state index is 0.163. The van der Waals surface area contributed by atoms with Crippen molar-refractivity contribution in [2.75, 3.05) is 18.1 Å². The van der Waals surface area contributed by atoms with Crippen LogP contribution in [-0.2, 0) is 0 Å². The first-order valence-electron chi connectivity index (χ1n) is 6.16. The number of hydrogen-bond acceptors (Lipinski definition) is 3. The zero-order valence-corrected chi connectivity index (χ0v) is 12.1. The maximum atomic E-state index is 11.7. The fourth-order valence-corrected chi connectivity index (χ4v) is 2.14. The molecule has 20 heavy (non-hydrogen) atoms.